The van der Waals surface area contributed by atoms with Crippen LogP contribution in [-0.2, 0) is 6.54 Å². The number of aromatic nitrogens is 1. The lowest BCUT2D eigenvalue weighted by atomic mass is 10.2. The molecule has 2 aromatic heterocycles. The maximum absolute atomic E-state index is 11.8. The Morgan fingerprint density at radius 2 is 2.24 bits per heavy atom. The second-order valence-corrected chi connectivity index (χ2v) is 4.62. The first kappa shape index (κ1) is 11.6. The molecule has 0 amide bonds. The number of carboxylic acids is 1. The van der Waals surface area contributed by atoms with Gasteiger partial charge in [-0.3, -0.25) is 4.79 Å². The van der Waals surface area contributed by atoms with Crippen LogP contribution in [0.15, 0.2) is 34.6 Å². The molecule has 0 radical (unpaired) electrons. The van der Waals surface area contributed by atoms with Crippen LogP contribution in [0.5, 0.6) is 0 Å². The van der Waals surface area contributed by atoms with E-state index in [1.54, 1.807) is 36.7 Å². The van der Waals surface area contributed by atoms with Crippen molar-refractivity contribution in [3.63, 3.8) is 0 Å². The molecule has 0 atom stereocenters. The highest BCUT2D eigenvalue weighted by molar-refractivity contribution is 7.12. The summed E-state index contributed by atoms with van der Waals surface area (Å²) in [5.41, 5.74) is 1.23. The molecule has 0 saturated carbocycles. The molecule has 2 rings (SSSR count). The largest absolute Gasteiger partial charge is 0.477 e. The summed E-state index contributed by atoms with van der Waals surface area (Å²) < 4.78 is 1.52. The van der Waals surface area contributed by atoms with Crippen LogP contribution in [0.3, 0.4) is 0 Å². The highest BCUT2D eigenvalue weighted by atomic mass is 32.1. The van der Waals surface area contributed by atoms with E-state index < -0.39 is 5.97 Å². The SMILES string of the molecule is Cc1cccn(Cc2ccsc2C(=O)O)c1=O. The first-order valence-corrected chi connectivity index (χ1v) is 5.93. The van der Waals surface area contributed by atoms with E-state index >= 15 is 0 Å². The van der Waals surface area contributed by atoms with Crippen molar-refractivity contribution in [3.8, 4) is 0 Å². The van der Waals surface area contributed by atoms with Gasteiger partial charge in [0, 0.05) is 11.8 Å². The van der Waals surface area contributed by atoms with Gasteiger partial charge in [0.05, 0.1) is 6.54 Å². The fourth-order valence-electron chi connectivity index (χ4n) is 1.61. The van der Waals surface area contributed by atoms with Crippen molar-refractivity contribution in [2.24, 2.45) is 0 Å². The molecule has 4 nitrogen and oxygen atoms in total. The van der Waals surface area contributed by atoms with Crippen LogP contribution in [-0.4, -0.2) is 15.6 Å². The van der Waals surface area contributed by atoms with Gasteiger partial charge < -0.3 is 9.67 Å². The average molecular weight is 249 g/mol. The average Bonchev–Trinajstić information content (AvgIpc) is 2.73. The molecule has 0 aliphatic carbocycles. The van der Waals surface area contributed by atoms with Gasteiger partial charge in [0.2, 0.25) is 0 Å². The van der Waals surface area contributed by atoms with Crippen molar-refractivity contribution < 1.29 is 9.90 Å². The number of hydrogen-bond acceptors (Lipinski definition) is 3. The summed E-state index contributed by atoms with van der Waals surface area (Å²) in [6, 6.07) is 5.26. The van der Waals surface area contributed by atoms with Crippen LogP contribution in [0.25, 0.3) is 0 Å². The topological polar surface area (TPSA) is 59.3 Å². The van der Waals surface area contributed by atoms with E-state index in [2.05, 4.69) is 0 Å². The number of nitrogens with zero attached hydrogens (tertiary/aromatic N) is 1. The highest BCUT2D eigenvalue weighted by Gasteiger charge is 2.12. The van der Waals surface area contributed by atoms with Gasteiger partial charge in [-0.15, -0.1) is 11.3 Å². The fourth-order valence-corrected chi connectivity index (χ4v) is 2.37. The molecular formula is C12H11NO3S. The van der Waals surface area contributed by atoms with E-state index in [0.717, 1.165) is 0 Å². The standard InChI is InChI=1S/C12H11NO3S/c1-8-3-2-5-13(11(8)14)7-9-4-6-17-10(9)12(15)16/h2-6H,7H2,1H3,(H,15,16). The van der Waals surface area contributed by atoms with Gasteiger partial charge >= 0.3 is 5.97 Å². The number of aromatic carboxylic acids is 1. The normalized spacial score (nSPS) is 10.4. The molecule has 88 valence electrons. The third-order valence-electron chi connectivity index (χ3n) is 2.49. The molecule has 0 aliphatic heterocycles. The lowest BCUT2D eigenvalue weighted by Gasteiger charge is -2.05. The van der Waals surface area contributed by atoms with Gasteiger partial charge in [-0.25, -0.2) is 4.79 Å². The number of pyridine rings is 1. The second kappa shape index (κ2) is 4.55. The monoisotopic (exact) mass is 249 g/mol. The number of aryl methyl sites for hydroxylation is 1. The maximum atomic E-state index is 11.8. The highest BCUT2D eigenvalue weighted by Crippen LogP contribution is 2.17. The number of hydrogen-bond donors (Lipinski definition) is 1. The molecule has 0 unspecified atom stereocenters. The Hall–Kier alpha value is -1.88. The summed E-state index contributed by atoms with van der Waals surface area (Å²) in [5, 5.41) is 10.7. The zero-order valence-corrected chi connectivity index (χ0v) is 10.0. The quantitative estimate of drug-likeness (QED) is 0.904. The smallest absolute Gasteiger partial charge is 0.346 e. The third kappa shape index (κ3) is 2.29. The minimum atomic E-state index is -0.948. The molecule has 2 heterocycles. The number of carboxylic acid groups (broad SMARTS) is 1. The molecule has 17 heavy (non-hydrogen) atoms. The van der Waals surface area contributed by atoms with Crippen LogP contribution < -0.4 is 5.56 Å². The molecular weight excluding hydrogens is 238 g/mol. The van der Waals surface area contributed by atoms with E-state index in [9.17, 15) is 9.59 Å². The molecule has 0 bridgehead atoms. The van der Waals surface area contributed by atoms with Crippen LogP contribution in [0.2, 0.25) is 0 Å². The third-order valence-corrected chi connectivity index (χ3v) is 3.44. The van der Waals surface area contributed by atoms with Gasteiger partial charge in [0.1, 0.15) is 4.88 Å². The minimum Gasteiger partial charge on any atom is -0.477 e. The molecule has 0 aliphatic rings. The zero-order valence-electron chi connectivity index (χ0n) is 9.21. The number of rotatable bonds is 3. The summed E-state index contributed by atoms with van der Waals surface area (Å²) >= 11 is 1.17. The van der Waals surface area contributed by atoms with Crippen molar-refractivity contribution in [2.75, 3.05) is 0 Å². The zero-order chi connectivity index (χ0) is 12.4. The van der Waals surface area contributed by atoms with Crippen LogP contribution in [0.1, 0.15) is 20.8 Å². The summed E-state index contributed by atoms with van der Waals surface area (Å²) in [6.07, 6.45) is 1.67. The molecule has 1 N–H and O–H groups in total. The molecule has 0 saturated heterocycles. The predicted octanol–water partition coefficient (Wildman–Crippen LogP) is 1.96. The lowest BCUT2D eigenvalue weighted by Crippen LogP contribution is -2.22. The van der Waals surface area contributed by atoms with Gasteiger partial charge in [-0.1, -0.05) is 6.07 Å². The summed E-state index contributed by atoms with van der Waals surface area (Å²) in [4.78, 5) is 23.0. The van der Waals surface area contributed by atoms with E-state index in [4.69, 9.17) is 5.11 Å². The van der Waals surface area contributed by atoms with E-state index in [1.165, 1.54) is 15.9 Å². The Labute approximate surface area is 102 Å². The van der Waals surface area contributed by atoms with Gasteiger partial charge in [-0.2, -0.15) is 0 Å². The Bertz CT molecular complexity index is 612. The minimum absolute atomic E-state index is 0.0879. The number of carbonyl (C=O) groups is 1. The van der Waals surface area contributed by atoms with E-state index in [1.807, 2.05) is 0 Å². The van der Waals surface area contributed by atoms with Gasteiger partial charge in [0.25, 0.3) is 5.56 Å². The Balaban J connectivity index is 2.38. The fraction of sp³-hybridized carbons (Fsp3) is 0.167. The Morgan fingerprint density at radius 1 is 1.47 bits per heavy atom. The first-order valence-electron chi connectivity index (χ1n) is 5.05. The van der Waals surface area contributed by atoms with Gasteiger partial charge in [-0.05, 0) is 30.0 Å². The summed E-state index contributed by atoms with van der Waals surface area (Å²) in [7, 11) is 0. The van der Waals surface area contributed by atoms with Crippen molar-refractivity contribution in [1.29, 1.82) is 0 Å². The van der Waals surface area contributed by atoms with Crippen LogP contribution in [0.4, 0.5) is 0 Å². The van der Waals surface area contributed by atoms with Crippen LogP contribution in [0, 0.1) is 6.92 Å². The van der Waals surface area contributed by atoms with Gasteiger partial charge in [0.15, 0.2) is 0 Å². The molecule has 2 aromatic rings. The summed E-state index contributed by atoms with van der Waals surface area (Å²) in [5.74, 6) is -0.948. The molecule has 0 spiro atoms. The lowest BCUT2D eigenvalue weighted by molar-refractivity contribution is 0.0701. The second-order valence-electron chi connectivity index (χ2n) is 3.70. The molecule has 5 heteroatoms. The number of thiophene rings is 1. The molecule has 0 fully saturated rings. The van der Waals surface area contributed by atoms with E-state index in [-0.39, 0.29) is 5.56 Å². The Morgan fingerprint density at radius 3 is 2.94 bits per heavy atom. The van der Waals surface area contributed by atoms with E-state index in [0.29, 0.717) is 22.5 Å². The maximum Gasteiger partial charge on any atom is 0.346 e. The van der Waals surface area contributed by atoms with Crippen molar-refractivity contribution in [3.05, 3.63) is 56.1 Å². The Kier molecular flexibility index (Phi) is 3.10. The predicted molar refractivity (Wildman–Crippen MR) is 65.8 cm³/mol. The summed E-state index contributed by atoms with van der Waals surface area (Å²) in [6.45, 7) is 2.04. The van der Waals surface area contributed by atoms with Crippen molar-refractivity contribution in [1.82, 2.24) is 4.57 Å². The van der Waals surface area contributed by atoms with Crippen molar-refractivity contribution >= 4 is 17.3 Å². The first-order chi connectivity index (χ1) is 8.09. The molecule has 0 aromatic carbocycles. The van der Waals surface area contributed by atoms with Crippen LogP contribution >= 0.6 is 11.3 Å². The van der Waals surface area contributed by atoms with Crippen molar-refractivity contribution in [2.45, 2.75) is 13.5 Å².